The van der Waals surface area contributed by atoms with Crippen molar-refractivity contribution in [2.24, 2.45) is 5.73 Å². The van der Waals surface area contributed by atoms with Gasteiger partial charge in [-0.15, -0.1) is 11.3 Å². The van der Waals surface area contributed by atoms with Gasteiger partial charge in [0, 0.05) is 48.7 Å². The minimum Gasteiger partial charge on any atom is -0.450 e. The van der Waals surface area contributed by atoms with Gasteiger partial charge < -0.3 is 25.6 Å². The Kier molecular flexibility index (Phi) is 9.47. The first kappa shape index (κ1) is 26.5. The van der Waals surface area contributed by atoms with E-state index in [1.165, 1.54) is 5.69 Å². The number of rotatable bonds is 10. The van der Waals surface area contributed by atoms with Crippen molar-refractivity contribution >= 4 is 34.9 Å². The fourth-order valence-electron chi connectivity index (χ4n) is 4.32. The number of amides is 3. The summed E-state index contributed by atoms with van der Waals surface area (Å²) < 4.78 is 4.85. The standard InChI is InChI=1S/C25H35N5O4S/c1-4-29(5-2)19-9-7-17(8-10-19)21-16-35-23(27-21)18-11-13-30(14-12-18)24(32)20(15-22(26)31)28-25(33)34-6-3/h7-10,16,18,20H,4-6,11-15H2,1-3H3,(H2,26,31)(H,28,33). The minimum absolute atomic E-state index is 0.171. The molecule has 35 heavy (non-hydrogen) atoms. The molecule has 2 heterocycles. The summed E-state index contributed by atoms with van der Waals surface area (Å²) in [5, 5.41) is 5.62. The van der Waals surface area contributed by atoms with Crippen LogP contribution in [0.25, 0.3) is 11.3 Å². The average Bonchev–Trinajstić information content (AvgIpc) is 3.35. The van der Waals surface area contributed by atoms with Crippen molar-refractivity contribution in [3.05, 3.63) is 34.7 Å². The van der Waals surface area contributed by atoms with Gasteiger partial charge in [-0.05, 0) is 45.7 Å². The van der Waals surface area contributed by atoms with E-state index in [0.717, 1.165) is 42.2 Å². The summed E-state index contributed by atoms with van der Waals surface area (Å²) in [7, 11) is 0. The molecule has 0 saturated carbocycles. The van der Waals surface area contributed by atoms with Gasteiger partial charge in [-0.25, -0.2) is 9.78 Å². The highest BCUT2D eigenvalue weighted by atomic mass is 32.1. The number of aromatic nitrogens is 1. The summed E-state index contributed by atoms with van der Waals surface area (Å²) in [6, 6.07) is 7.48. The minimum atomic E-state index is -1.02. The molecular weight excluding hydrogens is 466 g/mol. The lowest BCUT2D eigenvalue weighted by Crippen LogP contribution is -2.52. The molecule has 1 unspecified atom stereocenters. The number of thiazole rings is 1. The molecule has 1 aromatic carbocycles. The van der Waals surface area contributed by atoms with Gasteiger partial charge in [0.25, 0.3) is 0 Å². The van der Waals surface area contributed by atoms with Crippen LogP contribution in [0.1, 0.15) is 51.0 Å². The Morgan fingerprint density at radius 1 is 1.17 bits per heavy atom. The average molecular weight is 502 g/mol. The molecular formula is C25H35N5O4S. The molecule has 1 aliphatic heterocycles. The van der Waals surface area contributed by atoms with Crippen molar-refractivity contribution < 1.29 is 19.1 Å². The second-order valence-corrected chi connectivity index (χ2v) is 9.37. The molecule has 9 nitrogen and oxygen atoms in total. The number of nitrogens with two attached hydrogens (primary N) is 1. The van der Waals surface area contributed by atoms with Crippen LogP contribution >= 0.6 is 11.3 Å². The van der Waals surface area contributed by atoms with E-state index in [1.54, 1.807) is 23.2 Å². The van der Waals surface area contributed by atoms with Gasteiger partial charge in [0.15, 0.2) is 0 Å². The third kappa shape index (κ3) is 6.94. The van der Waals surface area contributed by atoms with E-state index >= 15 is 0 Å². The number of carbonyl (C=O) groups excluding carboxylic acids is 3. The molecule has 3 rings (SSSR count). The lowest BCUT2D eigenvalue weighted by molar-refractivity contribution is -0.136. The van der Waals surface area contributed by atoms with Crippen molar-refractivity contribution in [1.29, 1.82) is 0 Å². The molecule has 190 valence electrons. The first-order valence-electron chi connectivity index (χ1n) is 12.2. The predicted molar refractivity (Wildman–Crippen MR) is 137 cm³/mol. The summed E-state index contributed by atoms with van der Waals surface area (Å²) in [6.45, 7) is 9.13. The molecule has 0 spiro atoms. The Morgan fingerprint density at radius 3 is 2.40 bits per heavy atom. The third-order valence-corrected chi connectivity index (χ3v) is 7.25. The van der Waals surface area contributed by atoms with E-state index in [4.69, 9.17) is 15.5 Å². The fourth-order valence-corrected chi connectivity index (χ4v) is 5.32. The molecule has 0 radical (unpaired) electrons. The van der Waals surface area contributed by atoms with Crippen LogP contribution in [-0.2, 0) is 14.3 Å². The number of hydrogen-bond acceptors (Lipinski definition) is 7. The smallest absolute Gasteiger partial charge is 0.407 e. The molecule has 1 atom stereocenters. The van der Waals surface area contributed by atoms with Gasteiger partial charge in [0.2, 0.25) is 11.8 Å². The number of benzene rings is 1. The SMILES string of the molecule is CCOC(=O)NC(CC(N)=O)C(=O)N1CCC(c2nc(-c3ccc(N(CC)CC)cc3)cs2)CC1. The second kappa shape index (κ2) is 12.5. The lowest BCUT2D eigenvalue weighted by Gasteiger charge is -2.33. The van der Waals surface area contributed by atoms with E-state index in [1.807, 2.05) is 0 Å². The number of primary amides is 1. The van der Waals surface area contributed by atoms with Gasteiger partial charge in [-0.3, -0.25) is 9.59 Å². The highest BCUT2D eigenvalue weighted by Gasteiger charge is 2.32. The van der Waals surface area contributed by atoms with Gasteiger partial charge in [0.05, 0.1) is 23.7 Å². The first-order chi connectivity index (χ1) is 16.9. The maximum Gasteiger partial charge on any atom is 0.407 e. The zero-order valence-electron chi connectivity index (χ0n) is 20.7. The monoisotopic (exact) mass is 501 g/mol. The molecule has 10 heteroatoms. The zero-order chi connectivity index (χ0) is 25.4. The van der Waals surface area contributed by atoms with Gasteiger partial charge >= 0.3 is 6.09 Å². The number of nitrogens with one attached hydrogen (secondary N) is 1. The summed E-state index contributed by atoms with van der Waals surface area (Å²) in [6.07, 6.45) is 0.535. The van der Waals surface area contributed by atoms with Gasteiger partial charge in [0.1, 0.15) is 6.04 Å². The number of hydrogen-bond donors (Lipinski definition) is 2. The topological polar surface area (TPSA) is 118 Å². The number of alkyl carbamates (subject to hydrolysis) is 1. The normalized spacial score (nSPS) is 14.9. The zero-order valence-corrected chi connectivity index (χ0v) is 21.5. The molecule has 2 aromatic rings. The molecule has 0 aliphatic carbocycles. The molecule has 1 aromatic heterocycles. The van der Waals surface area contributed by atoms with Crippen molar-refractivity contribution in [1.82, 2.24) is 15.2 Å². The highest BCUT2D eigenvalue weighted by molar-refractivity contribution is 7.10. The number of nitrogens with zero attached hydrogens (tertiary/aromatic N) is 3. The first-order valence-corrected chi connectivity index (χ1v) is 13.0. The lowest BCUT2D eigenvalue weighted by atomic mass is 9.96. The summed E-state index contributed by atoms with van der Waals surface area (Å²) in [5.74, 6) is -0.709. The predicted octanol–water partition coefficient (Wildman–Crippen LogP) is 3.35. The number of ether oxygens (including phenoxy) is 1. The molecule has 0 bridgehead atoms. The van der Waals surface area contributed by atoms with E-state index < -0.39 is 18.0 Å². The highest BCUT2D eigenvalue weighted by Crippen LogP contribution is 2.33. The van der Waals surface area contributed by atoms with Crippen LogP contribution in [0.3, 0.4) is 0 Å². The van der Waals surface area contributed by atoms with Crippen molar-refractivity contribution in [2.45, 2.75) is 52.0 Å². The molecule has 1 saturated heterocycles. The maximum atomic E-state index is 13.0. The van der Waals surface area contributed by atoms with Crippen molar-refractivity contribution in [3.8, 4) is 11.3 Å². The van der Waals surface area contributed by atoms with Crippen molar-refractivity contribution in [3.63, 3.8) is 0 Å². The number of carbonyl (C=O) groups is 3. The largest absolute Gasteiger partial charge is 0.450 e. The Bertz CT molecular complexity index is 998. The second-order valence-electron chi connectivity index (χ2n) is 8.48. The summed E-state index contributed by atoms with van der Waals surface area (Å²) in [5.41, 5.74) is 8.55. The number of piperidine rings is 1. The van der Waals surface area contributed by atoms with Crippen molar-refractivity contribution in [2.75, 3.05) is 37.7 Å². The van der Waals surface area contributed by atoms with Crippen LogP contribution in [0.2, 0.25) is 0 Å². The maximum absolute atomic E-state index is 13.0. The molecule has 3 N–H and O–H groups in total. The molecule has 1 aliphatic rings. The van der Waals surface area contributed by atoms with Gasteiger partial charge in [-0.1, -0.05) is 12.1 Å². The van der Waals surface area contributed by atoms with Crippen LogP contribution in [0.15, 0.2) is 29.6 Å². The van der Waals surface area contributed by atoms with Crippen LogP contribution in [0.4, 0.5) is 10.5 Å². The van der Waals surface area contributed by atoms with Crippen LogP contribution in [0, 0.1) is 0 Å². The van der Waals surface area contributed by atoms with Crippen LogP contribution < -0.4 is 16.0 Å². The van der Waals surface area contributed by atoms with Crippen LogP contribution in [-0.4, -0.2) is 66.6 Å². The van der Waals surface area contributed by atoms with Gasteiger partial charge in [-0.2, -0.15) is 0 Å². The number of anilines is 1. The third-order valence-electron chi connectivity index (χ3n) is 6.24. The van der Waals surface area contributed by atoms with E-state index in [-0.39, 0.29) is 24.9 Å². The quantitative estimate of drug-likeness (QED) is 0.516. The Hall–Kier alpha value is -3.14. The Morgan fingerprint density at radius 2 is 1.83 bits per heavy atom. The van der Waals surface area contributed by atoms with E-state index in [0.29, 0.717) is 13.1 Å². The molecule has 1 fully saturated rings. The Labute approximate surface area is 210 Å². The summed E-state index contributed by atoms with van der Waals surface area (Å²) >= 11 is 1.65. The molecule has 3 amide bonds. The van der Waals surface area contributed by atoms with E-state index in [2.05, 4.69) is 53.7 Å². The fraction of sp³-hybridized carbons (Fsp3) is 0.520. The van der Waals surface area contributed by atoms with Crippen LogP contribution in [0.5, 0.6) is 0 Å². The van der Waals surface area contributed by atoms with E-state index in [9.17, 15) is 14.4 Å². The Balaban J connectivity index is 1.60. The summed E-state index contributed by atoms with van der Waals surface area (Å²) in [4.78, 5) is 45.1. The number of likely N-dealkylation sites (tertiary alicyclic amines) is 1.